The fraction of sp³-hybridized carbons (Fsp3) is 0.381. The maximum atomic E-state index is 11.3. The van der Waals surface area contributed by atoms with Crippen LogP contribution in [0.5, 0.6) is 11.5 Å². The molecule has 6 aromatic rings. The number of carbonyl (C=O) groups excluding carboxylic acids is 2. The highest BCUT2D eigenvalue weighted by Gasteiger charge is 2.53. The summed E-state index contributed by atoms with van der Waals surface area (Å²) in [5.74, 6) is 1.61. The molecule has 1 aliphatic rings. The van der Waals surface area contributed by atoms with Crippen LogP contribution >= 0.6 is 38.6 Å². The lowest BCUT2D eigenvalue weighted by molar-refractivity contribution is 0.00578. The van der Waals surface area contributed by atoms with Crippen LogP contribution in [0.3, 0.4) is 0 Å². The third kappa shape index (κ3) is 11.2. The zero-order valence-electron chi connectivity index (χ0n) is 35.3. The Hall–Kier alpha value is -4.56. The Bertz CT molecular complexity index is 2360. The number of hydrogen-bond donors (Lipinski definition) is 2. The quantitative estimate of drug-likeness (QED) is 0.0913. The van der Waals surface area contributed by atoms with Crippen LogP contribution in [-0.2, 0) is 22.4 Å². The maximum Gasteiger partial charge on any atom is 0.498 e. The van der Waals surface area contributed by atoms with Crippen molar-refractivity contribution in [2.24, 2.45) is 0 Å². The van der Waals surface area contributed by atoms with Crippen molar-refractivity contribution in [3.05, 3.63) is 108 Å². The van der Waals surface area contributed by atoms with Gasteiger partial charge < -0.3 is 29.0 Å². The highest BCUT2D eigenvalue weighted by atomic mass is 79.9. The van der Waals surface area contributed by atoms with E-state index in [0.717, 1.165) is 50.7 Å². The van der Waals surface area contributed by atoms with E-state index in [1.54, 1.807) is 32.7 Å². The molecule has 2 atom stereocenters. The molecule has 0 bridgehead atoms. The number of carbonyl (C=O) groups is 2. The number of aryl methyl sites for hydroxylation is 2. The van der Waals surface area contributed by atoms with Gasteiger partial charge in [0.05, 0.1) is 77.0 Å². The smallest absolute Gasteiger partial charge is 0.497 e. The zero-order chi connectivity index (χ0) is 43.9. The van der Waals surface area contributed by atoms with Gasteiger partial charge in [-0.15, -0.1) is 22.7 Å². The fourth-order valence-electron chi connectivity index (χ4n) is 6.06. The van der Waals surface area contributed by atoms with Crippen LogP contribution in [0.25, 0.3) is 11.3 Å². The van der Waals surface area contributed by atoms with E-state index in [-0.39, 0.29) is 0 Å². The third-order valence-corrected chi connectivity index (χ3v) is 12.5. The van der Waals surface area contributed by atoms with Gasteiger partial charge in [-0.05, 0) is 107 Å². The van der Waals surface area contributed by atoms with Crippen molar-refractivity contribution in [3.63, 3.8) is 0 Å². The topological polar surface area (TPSA) is 173 Å². The molecular weight excluding hydrogens is 871 g/mol. The normalized spacial score (nSPS) is 15.0. The molecule has 0 saturated carbocycles. The van der Waals surface area contributed by atoms with E-state index in [1.165, 1.54) is 22.7 Å². The molecular formula is C42H50BBrN6O8S2. The van der Waals surface area contributed by atoms with E-state index < -0.39 is 30.5 Å². The van der Waals surface area contributed by atoms with E-state index in [0.29, 0.717) is 50.1 Å². The Kier molecular flexibility index (Phi) is 15.4. The third-order valence-electron chi connectivity index (χ3n) is 9.86. The molecule has 5 heterocycles. The van der Waals surface area contributed by atoms with Crippen LogP contribution < -0.4 is 14.9 Å². The molecule has 2 N–H and O–H groups in total. The van der Waals surface area contributed by atoms with Crippen molar-refractivity contribution in [1.29, 1.82) is 0 Å². The summed E-state index contributed by atoms with van der Waals surface area (Å²) in [6, 6.07) is 15.5. The van der Waals surface area contributed by atoms with Crippen molar-refractivity contribution in [2.75, 3.05) is 14.2 Å². The molecule has 1 saturated heterocycles. The van der Waals surface area contributed by atoms with E-state index in [2.05, 4.69) is 36.1 Å². The number of hydrogen-bond acceptors (Lipinski definition) is 14. The van der Waals surface area contributed by atoms with Crippen LogP contribution in [-0.4, -0.2) is 84.9 Å². The average Bonchev–Trinajstić information content (AvgIpc) is 4.02. The summed E-state index contributed by atoms with van der Waals surface area (Å²) in [4.78, 5) is 31.1. The monoisotopic (exact) mass is 920 g/mol. The minimum Gasteiger partial charge on any atom is -0.497 e. The number of benzene rings is 2. The van der Waals surface area contributed by atoms with Crippen LogP contribution in [0.2, 0.25) is 0 Å². The number of aliphatic hydroxyl groups excluding tert-OH is 2. The molecule has 0 aliphatic carbocycles. The number of rotatable bonds is 12. The minimum atomic E-state index is -0.756. The van der Waals surface area contributed by atoms with Crippen molar-refractivity contribution < 1.29 is 38.6 Å². The maximum absolute atomic E-state index is 11.3. The minimum absolute atomic E-state index is 0.439. The number of aldehydes is 2. The van der Waals surface area contributed by atoms with Gasteiger partial charge in [-0.25, -0.2) is 9.97 Å². The van der Waals surface area contributed by atoms with Gasteiger partial charge in [0, 0.05) is 23.4 Å². The highest BCUT2D eigenvalue weighted by molar-refractivity contribution is 9.10. The lowest BCUT2D eigenvalue weighted by atomic mass is 9.78. The first kappa shape index (κ1) is 46.5. The summed E-state index contributed by atoms with van der Waals surface area (Å²) in [6.45, 7) is 16.2. The molecule has 18 heteroatoms. The van der Waals surface area contributed by atoms with Gasteiger partial charge in [-0.2, -0.15) is 10.2 Å². The highest BCUT2D eigenvalue weighted by Crippen LogP contribution is 2.37. The summed E-state index contributed by atoms with van der Waals surface area (Å²) in [5.41, 5.74) is 4.40. The van der Waals surface area contributed by atoms with Gasteiger partial charge in [0.25, 0.3) is 0 Å². The summed E-state index contributed by atoms with van der Waals surface area (Å²) in [6.07, 6.45) is 3.86. The van der Waals surface area contributed by atoms with Gasteiger partial charge in [0.1, 0.15) is 26.7 Å². The van der Waals surface area contributed by atoms with Gasteiger partial charge in [0.2, 0.25) is 0 Å². The molecule has 0 radical (unpaired) electrons. The fourth-order valence-corrected chi connectivity index (χ4v) is 8.17. The Morgan fingerprint density at radius 3 is 1.62 bits per heavy atom. The summed E-state index contributed by atoms with van der Waals surface area (Å²) >= 11 is 5.87. The predicted octanol–water partition coefficient (Wildman–Crippen LogP) is 7.56. The van der Waals surface area contributed by atoms with Gasteiger partial charge in [-0.1, -0.05) is 24.3 Å². The molecule has 0 spiro atoms. The number of halogens is 1. The van der Waals surface area contributed by atoms with E-state index in [9.17, 15) is 19.8 Å². The van der Waals surface area contributed by atoms with Crippen molar-refractivity contribution >= 4 is 63.8 Å². The first-order chi connectivity index (χ1) is 28.4. The molecule has 318 valence electrons. The van der Waals surface area contributed by atoms with E-state index in [1.807, 2.05) is 107 Å². The van der Waals surface area contributed by atoms with E-state index >= 15 is 0 Å². The second-order valence-corrected chi connectivity index (χ2v) is 18.2. The zero-order valence-corrected chi connectivity index (χ0v) is 38.5. The van der Waals surface area contributed by atoms with Gasteiger partial charge in [0.15, 0.2) is 12.6 Å². The summed E-state index contributed by atoms with van der Waals surface area (Å²) in [5, 5.41) is 31.0. The molecule has 2 unspecified atom stereocenters. The first-order valence-electron chi connectivity index (χ1n) is 19.0. The first-order valence-corrected chi connectivity index (χ1v) is 21.4. The van der Waals surface area contributed by atoms with Crippen molar-refractivity contribution in [3.8, 4) is 22.8 Å². The Balaban J connectivity index is 0.000000189. The molecule has 4 aromatic heterocycles. The average molecular weight is 922 g/mol. The predicted molar refractivity (Wildman–Crippen MR) is 237 cm³/mol. The Morgan fingerprint density at radius 1 is 0.750 bits per heavy atom. The SMILES string of the molecule is COc1ccc(Cn2cc(-c3nc(C)sc3C=O)c(C(C)O)n2)cc1.COc1ccc(Cn2cc(B3OC(C)(C)C(C)(C)O3)c(C(C)O)n2)cc1.Cc1nc(Br)c(C=O)s1. The number of aliphatic hydroxyl groups is 2. The van der Waals surface area contributed by atoms with Crippen LogP contribution in [0.1, 0.15) is 106 Å². The van der Waals surface area contributed by atoms with E-state index in [4.69, 9.17) is 18.8 Å². The molecule has 1 aliphatic heterocycles. The Morgan fingerprint density at radius 2 is 1.20 bits per heavy atom. The van der Waals surface area contributed by atoms with Gasteiger partial charge in [-0.3, -0.25) is 19.0 Å². The number of thiazole rings is 2. The molecule has 14 nitrogen and oxygen atoms in total. The van der Waals surface area contributed by atoms with Crippen LogP contribution in [0.15, 0.2) is 65.5 Å². The molecule has 60 heavy (non-hydrogen) atoms. The molecule has 7 rings (SSSR count). The van der Waals surface area contributed by atoms with Crippen molar-refractivity contribution in [2.45, 2.75) is 91.9 Å². The molecule has 2 aromatic carbocycles. The van der Waals surface area contributed by atoms with Gasteiger partial charge >= 0.3 is 7.12 Å². The lowest BCUT2D eigenvalue weighted by Crippen LogP contribution is -2.41. The lowest BCUT2D eigenvalue weighted by Gasteiger charge is -2.32. The van der Waals surface area contributed by atoms with Crippen LogP contribution in [0.4, 0.5) is 0 Å². The summed E-state index contributed by atoms with van der Waals surface area (Å²) in [7, 11) is 2.73. The molecule has 0 amide bonds. The standard InChI is InChI=1S/C19H27BN2O4.C18H19N3O3S.C5H4BrNOS/c1-13(23)17-16(20-25-18(2,3)19(4,5)26-20)12-22(21-17)11-14-7-9-15(24-6)10-8-14;1-11(23)17-15(18-16(10-22)25-12(2)19-18)9-21(20-17)8-13-4-6-14(24-3)7-5-13;1-3-7-5(6)4(2-8)9-3/h7-10,12-13,23H,11H2,1-6H3;4-7,9-11,23H,8H2,1-3H3;2H,1H3. The van der Waals surface area contributed by atoms with Crippen molar-refractivity contribution in [1.82, 2.24) is 29.5 Å². The number of methoxy groups -OCH3 is 2. The number of aromatic nitrogens is 6. The number of nitrogens with zero attached hydrogens (tertiary/aromatic N) is 6. The largest absolute Gasteiger partial charge is 0.498 e. The second kappa shape index (κ2) is 19.9. The summed E-state index contributed by atoms with van der Waals surface area (Å²) < 4.78 is 26.8. The van der Waals surface area contributed by atoms with Crippen LogP contribution in [0, 0.1) is 13.8 Å². The molecule has 1 fully saturated rings. The Labute approximate surface area is 366 Å². The second-order valence-electron chi connectivity index (χ2n) is 15.0. The number of ether oxygens (including phenoxy) is 2.